The molecule has 0 amide bonds. The van der Waals surface area contributed by atoms with Crippen LogP contribution in [0.2, 0.25) is 0 Å². The Balaban J connectivity index is 3.07. The Hall–Kier alpha value is -1.13. The van der Waals surface area contributed by atoms with Crippen molar-refractivity contribution in [3.8, 4) is 0 Å². The summed E-state index contributed by atoms with van der Waals surface area (Å²) in [6.45, 7) is 0.258. The van der Waals surface area contributed by atoms with Gasteiger partial charge in [0, 0.05) is 12.6 Å². The lowest BCUT2D eigenvalue weighted by Crippen LogP contribution is -2.22. The van der Waals surface area contributed by atoms with Gasteiger partial charge in [0.15, 0.2) is 0 Å². The number of benzene rings is 1. The number of hydrogen-bond donors (Lipinski definition) is 3. The topological polar surface area (TPSA) is 78.1 Å². The Morgan fingerprint density at radius 3 is 2.67 bits per heavy atom. The zero-order valence-electron chi connectivity index (χ0n) is 6.63. The molecule has 4 heteroatoms. The second kappa shape index (κ2) is 3.51. The minimum atomic E-state index is -0.448. The summed E-state index contributed by atoms with van der Waals surface area (Å²) in [4.78, 5) is 0. The Bertz CT molecular complexity index is 275. The van der Waals surface area contributed by atoms with E-state index in [1.54, 1.807) is 12.1 Å². The lowest BCUT2D eigenvalue weighted by atomic mass is 10.1. The third-order valence-electron chi connectivity index (χ3n) is 1.74. The number of nitrogens with two attached hydrogens (primary N) is 3. The van der Waals surface area contributed by atoms with Crippen LogP contribution in [0.4, 0.5) is 10.1 Å². The van der Waals surface area contributed by atoms with Crippen LogP contribution in [0.5, 0.6) is 0 Å². The molecule has 66 valence electrons. The molecule has 0 bridgehead atoms. The van der Waals surface area contributed by atoms with Crippen LogP contribution < -0.4 is 17.2 Å². The van der Waals surface area contributed by atoms with Crippen molar-refractivity contribution in [2.45, 2.75) is 6.04 Å². The summed E-state index contributed by atoms with van der Waals surface area (Å²) in [5.41, 5.74) is 17.0. The van der Waals surface area contributed by atoms with Crippen molar-refractivity contribution in [1.29, 1.82) is 0 Å². The van der Waals surface area contributed by atoms with Gasteiger partial charge in [0.1, 0.15) is 5.82 Å². The summed E-state index contributed by atoms with van der Waals surface area (Å²) in [6, 6.07) is 4.15. The molecule has 0 aliphatic carbocycles. The maximum Gasteiger partial charge on any atom is 0.146 e. The summed E-state index contributed by atoms with van der Waals surface area (Å²) in [5.74, 6) is -0.448. The summed E-state index contributed by atoms with van der Waals surface area (Å²) < 4.78 is 12.9. The van der Waals surface area contributed by atoms with E-state index in [4.69, 9.17) is 17.2 Å². The van der Waals surface area contributed by atoms with Crippen LogP contribution in [0.25, 0.3) is 0 Å². The summed E-state index contributed by atoms with van der Waals surface area (Å²) in [5, 5.41) is 0. The molecule has 3 nitrogen and oxygen atoms in total. The molecule has 0 heterocycles. The van der Waals surface area contributed by atoms with E-state index < -0.39 is 5.82 Å². The van der Waals surface area contributed by atoms with Crippen molar-refractivity contribution in [2.24, 2.45) is 11.5 Å². The average Bonchev–Trinajstić information content (AvgIpc) is 2.08. The predicted molar refractivity (Wildman–Crippen MR) is 46.8 cm³/mol. The van der Waals surface area contributed by atoms with Crippen molar-refractivity contribution in [1.82, 2.24) is 0 Å². The quantitative estimate of drug-likeness (QED) is 0.559. The Labute approximate surface area is 70.3 Å². The van der Waals surface area contributed by atoms with Crippen LogP contribution in [0.15, 0.2) is 18.2 Å². The summed E-state index contributed by atoms with van der Waals surface area (Å²) in [6.07, 6.45) is 0. The molecule has 0 aliphatic heterocycles. The van der Waals surface area contributed by atoms with Crippen molar-refractivity contribution in [3.63, 3.8) is 0 Å². The van der Waals surface area contributed by atoms with Crippen molar-refractivity contribution in [2.75, 3.05) is 12.3 Å². The largest absolute Gasteiger partial charge is 0.396 e. The first kappa shape index (κ1) is 8.96. The standard InChI is InChI=1S/C8H12FN3/c9-6-3-1-2-5(8(6)12)7(11)4-10/h1-3,7H,4,10-12H2. The van der Waals surface area contributed by atoms with Crippen LogP contribution in [0.3, 0.4) is 0 Å². The monoisotopic (exact) mass is 169 g/mol. The van der Waals surface area contributed by atoms with Crippen LogP contribution in [0, 0.1) is 5.82 Å². The number of anilines is 1. The SMILES string of the molecule is NCC(N)c1cccc(F)c1N. The molecule has 1 rings (SSSR count). The van der Waals surface area contributed by atoms with Gasteiger partial charge in [0.2, 0.25) is 0 Å². The zero-order chi connectivity index (χ0) is 9.14. The van der Waals surface area contributed by atoms with E-state index in [9.17, 15) is 4.39 Å². The van der Waals surface area contributed by atoms with E-state index in [-0.39, 0.29) is 18.3 Å². The van der Waals surface area contributed by atoms with E-state index in [0.29, 0.717) is 5.56 Å². The van der Waals surface area contributed by atoms with Gasteiger partial charge in [-0.1, -0.05) is 12.1 Å². The van der Waals surface area contributed by atoms with Gasteiger partial charge in [0.05, 0.1) is 5.69 Å². The molecule has 0 fully saturated rings. The minimum Gasteiger partial charge on any atom is -0.396 e. The first-order chi connectivity index (χ1) is 5.66. The lowest BCUT2D eigenvalue weighted by molar-refractivity contribution is 0.625. The summed E-state index contributed by atoms with van der Waals surface area (Å²) >= 11 is 0. The number of hydrogen-bond acceptors (Lipinski definition) is 3. The molecule has 0 spiro atoms. The van der Waals surface area contributed by atoms with Crippen LogP contribution in [-0.2, 0) is 0 Å². The molecule has 0 aliphatic rings. The van der Waals surface area contributed by atoms with E-state index in [0.717, 1.165) is 0 Å². The van der Waals surface area contributed by atoms with Gasteiger partial charge in [-0.3, -0.25) is 0 Å². The molecule has 0 saturated heterocycles. The molecule has 12 heavy (non-hydrogen) atoms. The smallest absolute Gasteiger partial charge is 0.146 e. The normalized spacial score (nSPS) is 12.9. The van der Waals surface area contributed by atoms with Crippen molar-refractivity contribution in [3.05, 3.63) is 29.6 Å². The van der Waals surface area contributed by atoms with Gasteiger partial charge < -0.3 is 17.2 Å². The van der Waals surface area contributed by atoms with Gasteiger partial charge in [-0.2, -0.15) is 0 Å². The number of nitrogen functional groups attached to an aromatic ring is 1. The zero-order valence-corrected chi connectivity index (χ0v) is 6.63. The van der Waals surface area contributed by atoms with Crippen LogP contribution in [-0.4, -0.2) is 6.54 Å². The fourth-order valence-corrected chi connectivity index (χ4v) is 1.00. The van der Waals surface area contributed by atoms with E-state index in [1.165, 1.54) is 6.07 Å². The van der Waals surface area contributed by atoms with Gasteiger partial charge in [0.25, 0.3) is 0 Å². The highest BCUT2D eigenvalue weighted by molar-refractivity contribution is 5.49. The molecule has 0 saturated carbocycles. The molecule has 1 aromatic carbocycles. The molecule has 0 aromatic heterocycles. The maximum absolute atomic E-state index is 12.9. The summed E-state index contributed by atoms with van der Waals surface area (Å²) in [7, 11) is 0. The molecular formula is C8H12FN3. The molecule has 6 N–H and O–H groups in total. The fourth-order valence-electron chi connectivity index (χ4n) is 1.00. The van der Waals surface area contributed by atoms with Gasteiger partial charge in [-0.25, -0.2) is 4.39 Å². The fraction of sp³-hybridized carbons (Fsp3) is 0.250. The van der Waals surface area contributed by atoms with E-state index in [2.05, 4.69) is 0 Å². The molecular weight excluding hydrogens is 157 g/mol. The highest BCUT2D eigenvalue weighted by Gasteiger charge is 2.09. The number of rotatable bonds is 2. The first-order valence-corrected chi connectivity index (χ1v) is 3.66. The minimum absolute atomic E-state index is 0.0930. The third kappa shape index (κ3) is 1.54. The molecule has 1 aromatic rings. The molecule has 1 unspecified atom stereocenters. The van der Waals surface area contributed by atoms with Gasteiger partial charge >= 0.3 is 0 Å². The van der Waals surface area contributed by atoms with E-state index >= 15 is 0 Å². The predicted octanol–water partition coefficient (Wildman–Crippen LogP) is 0.366. The Kier molecular flexibility index (Phi) is 2.62. The highest BCUT2D eigenvalue weighted by atomic mass is 19.1. The number of para-hydroxylation sites is 1. The molecule has 1 atom stereocenters. The van der Waals surface area contributed by atoms with E-state index in [1.807, 2.05) is 0 Å². The third-order valence-corrected chi connectivity index (χ3v) is 1.74. The van der Waals surface area contributed by atoms with Crippen LogP contribution >= 0.6 is 0 Å². The van der Waals surface area contributed by atoms with Crippen LogP contribution in [0.1, 0.15) is 11.6 Å². The average molecular weight is 169 g/mol. The number of halogens is 1. The first-order valence-electron chi connectivity index (χ1n) is 3.66. The second-order valence-corrected chi connectivity index (χ2v) is 2.58. The second-order valence-electron chi connectivity index (χ2n) is 2.58. The Morgan fingerprint density at radius 1 is 1.42 bits per heavy atom. The van der Waals surface area contributed by atoms with Crippen molar-refractivity contribution >= 4 is 5.69 Å². The highest BCUT2D eigenvalue weighted by Crippen LogP contribution is 2.20. The van der Waals surface area contributed by atoms with Crippen molar-refractivity contribution < 1.29 is 4.39 Å². The lowest BCUT2D eigenvalue weighted by Gasteiger charge is -2.11. The Morgan fingerprint density at radius 2 is 2.08 bits per heavy atom. The maximum atomic E-state index is 12.9. The molecule has 0 radical (unpaired) electrons. The van der Waals surface area contributed by atoms with Gasteiger partial charge in [-0.05, 0) is 11.6 Å². The van der Waals surface area contributed by atoms with Gasteiger partial charge in [-0.15, -0.1) is 0 Å².